The summed E-state index contributed by atoms with van der Waals surface area (Å²) in [7, 11) is 0. The van der Waals surface area contributed by atoms with E-state index in [1.54, 1.807) is 0 Å². The van der Waals surface area contributed by atoms with E-state index in [9.17, 15) is 0 Å². The van der Waals surface area contributed by atoms with Crippen LogP contribution in [0.2, 0.25) is 0 Å². The third kappa shape index (κ3) is 3.94. The molecule has 1 heterocycles. The van der Waals surface area contributed by atoms with E-state index >= 15 is 0 Å². The Morgan fingerprint density at radius 3 is 1.94 bits per heavy atom. The van der Waals surface area contributed by atoms with E-state index in [1.807, 2.05) is 0 Å². The largest absolute Gasteiger partial charge is 0.329 e. The number of hydrogen-bond donors (Lipinski definition) is 1. The van der Waals surface area contributed by atoms with Gasteiger partial charge in [0.05, 0.1) is 0 Å². The summed E-state index contributed by atoms with van der Waals surface area (Å²) in [6.07, 6.45) is 6.25. The smallest absolute Gasteiger partial charge is 0.0356 e. The van der Waals surface area contributed by atoms with Gasteiger partial charge >= 0.3 is 0 Å². The molecule has 1 aliphatic heterocycles. The highest BCUT2D eigenvalue weighted by molar-refractivity contribution is 4.96. The zero-order chi connectivity index (χ0) is 13.4. The van der Waals surface area contributed by atoms with Gasteiger partial charge in [-0.05, 0) is 64.8 Å². The average Bonchev–Trinajstić information content (AvgIpc) is 2.40. The fourth-order valence-electron chi connectivity index (χ4n) is 3.28. The van der Waals surface area contributed by atoms with Crippen molar-refractivity contribution >= 4 is 0 Å². The molecular weight excluding hydrogens is 222 g/mol. The van der Waals surface area contributed by atoms with Gasteiger partial charge in [0.2, 0.25) is 0 Å². The molecule has 0 spiro atoms. The molecule has 1 aliphatic rings. The second kappa shape index (κ2) is 8.13. The topological polar surface area (TPSA) is 32.5 Å². The van der Waals surface area contributed by atoms with Crippen LogP contribution in [0.3, 0.4) is 0 Å². The predicted octanol–water partition coefficient (Wildman–Crippen LogP) is 2.31. The van der Waals surface area contributed by atoms with Gasteiger partial charge in [0.25, 0.3) is 0 Å². The van der Waals surface area contributed by atoms with Crippen molar-refractivity contribution in [2.45, 2.75) is 58.4 Å². The fraction of sp³-hybridized carbons (Fsp3) is 1.00. The quantitative estimate of drug-likeness (QED) is 0.722. The van der Waals surface area contributed by atoms with Crippen LogP contribution >= 0.6 is 0 Å². The van der Waals surface area contributed by atoms with Crippen LogP contribution in [0.4, 0.5) is 0 Å². The van der Waals surface area contributed by atoms with Gasteiger partial charge in [-0.25, -0.2) is 0 Å². The molecule has 1 fully saturated rings. The molecule has 18 heavy (non-hydrogen) atoms. The van der Waals surface area contributed by atoms with E-state index in [1.165, 1.54) is 64.8 Å². The molecule has 0 atom stereocenters. The van der Waals surface area contributed by atoms with Gasteiger partial charge in [0.15, 0.2) is 0 Å². The molecule has 0 aromatic carbocycles. The van der Waals surface area contributed by atoms with Crippen molar-refractivity contribution < 1.29 is 0 Å². The number of piperidine rings is 1. The minimum Gasteiger partial charge on any atom is -0.329 e. The van der Waals surface area contributed by atoms with Crippen molar-refractivity contribution in [3.8, 4) is 0 Å². The first-order chi connectivity index (χ1) is 8.72. The Labute approximate surface area is 114 Å². The van der Waals surface area contributed by atoms with E-state index in [2.05, 4.69) is 30.6 Å². The van der Waals surface area contributed by atoms with Crippen LogP contribution < -0.4 is 5.73 Å². The highest BCUT2D eigenvalue weighted by Gasteiger charge is 2.37. The van der Waals surface area contributed by atoms with Crippen LogP contribution in [0.5, 0.6) is 0 Å². The molecule has 0 unspecified atom stereocenters. The Balaban J connectivity index is 2.61. The van der Waals surface area contributed by atoms with Crippen molar-refractivity contribution in [2.24, 2.45) is 5.73 Å². The third-order valence-electron chi connectivity index (χ3n) is 4.36. The van der Waals surface area contributed by atoms with Crippen molar-refractivity contribution in [3.05, 3.63) is 0 Å². The van der Waals surface area contributed by atoms with Gasteiger partial charge in [-0.2, -0.15) is 0 Å². The zero-order valence-electron chi connectivity index (χ0n) is 12.7. The first kappa shape index (κ1) is 15.9. The summed E-state index contributed by atoms with van der Waals surface area (Å²) in [6.45, 7) is 13.8. The van der Waals surface area contributed by atoms with Gasteiger partial charge in [-0.3, -0.25) is 4.90 Å². The first-order valence-electron chi connectivity index (χ1n) is 7.89. The van der Waals surface area contributed by atoms with Crippen LogP contribution in [0.1, 0.15) is 52.9 Å². The maximum atomic E-state index is 6.16. The number of likely N-dealkylation sites (tertiary alicyclic amines) is 1. The predicted molar refractivity (Wildman–Crippen MR) is 79.9 cm³/mol. The van der Waals surface area contributed by atoms with Gasteiger partial charge in [0, 0.05) is 12.1 Å². The normalized spacial score (nSPS) is 20.5. The molecule has 0 aromatic heterocycles. The Hall–Kier alpha value is -0.120. The second-order valence-corrected chi connectivity index (χ2v) is 5.76. The first-order valence-corrected chi connectivity index (χ1v) is 7.89. The Morgan fingerprint density at radius 2 is 1.56 bits per heavy atom. The standard InChI is InChI=1S/C15H33N3/c1-4-9-17-12-7-15(14-16,8-13-17)18(10-5-2)11-6-3/h4-14,16H2,1-3H3. The molecule has 3 heteroatoms. The van der Waals surface area contributed by atoms with E-state index in [4.69, 9.17) is 5.73 Å². The van der Waals surface area contributed by atoms with E-state index in [0.29, 0.717) is 0 Å². The lowest BCUT2D eigenvalue weighted by Crippen LogP contribution is -2.59. The minimum absolute atomic E-state index is 0.288. The lowest BCUT2D eigenvalue weighted by molar-refractivity contribution is 0.0265. The molecule has 0 aliphatic carbocycles. The molecule has 0 aromatic rings. The highest BCUT2D eigenvalue weighted by atomic mass is 15.2. The molecular formula is C15H33N3. The van der Waals surface area contributed by atoms with Crippen LogP contribution in [-0.2, 0) is 0 Å². The SMILES string of the molecule is CCCN1CCC(CN)(N(CCC)CCC)CC1. The average molecular weight is 255 g/mol. The van der Waals surface area contributed by atoms with Crippen LogP contribution in [-0.4, -0.2) is 54.6 Å². The van der Waals surface area contributed by atoms with Crippen LogP contribution in [0.15, 0.2) is 0 Å². The maximum Gasteiger partial charge on any atom is 0.0356 e. The lowest BCUT2D eigenvalue weighted by Gasteiger charge is -2.48. The molecule has 0 amide bonds. The minimum atomic E-state index is 0.288. The highest BCUT2D eigenvalue weighted by Crippen LogP contribution is 2.28. The number of nitrogens with zero attached hydrogens (tertiary/aromatic N) is 2. The van der Waals surface area contributed by atoms with Gasteiger partial charge in [-0.15, -0.1) is 0 Å². The summed E-state index contributed by atoms with van der Waals surface area (Å²) in [6, 6.07) is 0. The van der Waals surface area contributed by atoms with Crippen molar-refractivity contribution in [1.82, 2.24) is 9.80 Å². The van der Waals surface area contributed by atoms with Gasteiger partial charge < -0.3 is 10.6 Å². The summed E-state index contributed by atoms with van der Waals surface area (Å²) in [5, 5.41) is 0. The summed E-state index contributed by atoms with van der Waals surface area (Å²) in [5.74, 6) is 0. The van der Waals surface area contributed by atoms with Crippen LogP contribution in [0, 0.1) is 0 Å². The molecule has 0 radical (unpaired) electrons. The molecule has 0 bridgehead atoms. The van der Waals surface area contributed by atoms with Crippen molar-refractivity contribution in [1.29, 1.82) is 0 Å². The summed E-state index contributed by atoms with van der Waals surface area (Å²) >= 11 is 0. The second-order valence-electron chi connectivity index (χ2n) is 5.76. The summed E-state index contributed by atoms with van der Waals surface area (Å²) in [4.78, 5) is 5.28. The van der Waals surface area contributed by atoms with Crippen molar-refractivity contribution in [3.63, 3.8) is 0 Å². The monoisotopic (exact) mass is 255 g/mol. The lowest BCUT2D eigenvalue weighted by atomic mass is 9.85. The van der Waals surface area contributed by atoms with E-state index in [-0.39, 0.29) is 5.54 Å². The van der Waals surface area contributed by atoms with E-state index in [0.717, 1.165) is 6.54 Å². The van der Waals surface area contributed by atoms with Gasteiger partial charge in [-0.1, -0.05) is 20.8 Å². The molecule has 0 saturated carbocycles. The van der Waals surface area contributed by atoms with Gasteiger partial charge in [0.1, 0.15) is 0 Å². The molecule has 3 nitrogen and oxygen atoms in total. The zero-order valence-corrected chi connectivity index (χ0v) is 12.7. The maximum absolute atomic E-state index is 6.16. The Bertz CT molecular complexity index is 204. The summed E-state index contributed by atoms with van der Waals surface area (Å²) in [5.41, 5.74) is 6.45. The molecule has 1 rings (SSSR count). The molecule has 2 N–H and O–H groups in total. The number of hydrogen-bond acceptors (Lipinski definition) is 3. The summed E-state index contributed by atoms with van der Waals surface area (Å²) < 4.78 is 0. The Kier molecular flexibility index (Phi) is 7.20. The molecule has 1 saturated heterocycles. The number of nitrogens with two attached hydrogens (primary N) is 1. The van der Waals surface area contributed by atoms with Crippen molar-refractivity contribution in [2.75, 3.05) is 39.3 Å². The number of rotatable bonds is 8. The van der Waals surface area contributed by atoms with E-state index < -0.39 is 0 Å². The Morgan fingerprint density at radius 1 is 1.00 bits per heavy atom. The fourth-order valence-corrected chi connectivity index (χ4v) is 3.28. The third-order valence-corrected chi connectivity index (χ3v) is 4.36. The van der Waals surface area contributed by atoms with Crippen LogP contribution in [0.25, 0.3) is 0 Å². The molecule has 108 valence electrons.